The lowest BCUT2D eigenvalue weighted by molar-refractivity contribution is 0.0703. The molecule has 3 N–H and O–H groups in total. The molecule has 0 aliphatic carbocycles. The molecule has 3 heterocycles. The van der Waals surface area contributed by atoms with Gasteiger partial charge in [0.2, 0.25) is 0 Å². The van der Waals surface area contributed by atoms with Crippen molar-refractivity contribution < 1.29 is 9.59 Å². The quantitative estimate of drug-likeness (QED) is 0.257. The second-order valence-corrected chi connectivity index (χ2v) is 11.8. The van der Waals surface area contributed by atoms with Gasteiger partial charge in [0.25, 0.3) is 11.8 Å². The summed E-state index contributed by atoms with van der Waals surface area (Å²) in [7, 11) is 0. The van der Waals surface area contributed by atoms with E-state index in [1.165, 1.54) is 11.3 Å². The molecular weight excluding hydrogens is 572 g/mol. The lowest BCUT2D eigenvalue weighted by atomic mass is 9.94. The zero-order valence-corrected chi connectivity index (χ0v) is 23.6. The van der Waals surface area contributed by atoms with E-state index in [1.54, 1.807) is 24.3 Å². The van der Waals surface area contributed by atoms with Gasteiger partial charge in [0.15, 0.2) is 0 Å². The van der Waals surface area contributed by atoms with Crippen LogP contribution in [0.5, 0.6) is 0 Å². The first-order valence-electron chi connectivity index (χ1n) is 12.1. The number of amides is 2. The van der Waals surface area contributed by atoms with Crippen molar-refractivity contribution in [3.63, 3.8) is 0 Å². The van der Waals surface area contributed by atoms with Crippen molar-refractivity contribution in [3.05, 3.63) is 74.2 Å². The summed E-state index contributed by atoms with van der Waals surface area (Å²) in [6, 6.07) is 14.6. The minimum absolute atomic E-state index is 0.0704. The molecule has 1 saturated heterocycles. The van der Waals surface area contributed by atoms with Crippen LogP contribution in [-0.2, 0) is 0 Å². The van der Waals surface area contributed by atoms with Crippen molar-refractivity contribution >= 4 is 72.3 Å². The van der Waals surface area contributed by atoms with E-state index in [4.69, 9.17) is 22.3 Å². The number of anilines is 2. The number of rotatable bonds is 4. The zero-order valence-electron chi connectivity index (χ0n) is 20.5. The van der Waals surface area contributed by atoms with Crippen LogP contribution in [0.3, 0.4) is 0 Å². The lowest BCUT2D eigenvalue weighted by Gasteiger charge is -2.30. The number of fused-ring (bicyclic) bond motifs is 1. The fraction of sp³-hybridized carbons (Fsp3) is 0.250. The number of pyridine rings is 1. The number of piperidine rings is 1. The van der Waals surface area contributed by atoms with Crippen LogP contribution in [0.25, 0.3) is 21.3 Å². The highest BCUT2D eigenvalue weighted by molar-refractivity contribution is 9.10. The molecule has 1 aliphatic heterocycles. The highest BCUT2D eigenvalue weighted by Crippen LogP contribution is 2.43. The van der Waals surface area contributed by atoms with Crippen molar-refractivity contribution in [2.45, 2.75) is 26.7 Å². The summed E-state index contributed by atoms with van der Waals surface area (Å²) in [6.45, 7) is 5.45. The molecule has 1 aliphatic rings. The molecule has 9 heteroatoms. The molecule has 0 saturated carbocycles. The number of hydrogen-bond acceptors (Lipinski definition) is 5. The van der Waals surface area contributed by atoms with Crippen LogP contribution < -0.4 is 11.1 Å². The first-order chi connectivity index (χ1) is 17.7. The summed E-state index contributed by atoms with van der Waals surface area (Å²) in [5, 5.41) is 4.17. The van der Waals surface area contributed by atoms with Gasteiger partial charge in [-0.1, -0.05) is 46.6 Å². The molecular formula is C28H26BrClN4O2S. The SMILES string of the molecule is Cc1nc2sc(C(=O)N3CCC(C)CC3)c(N)c2c(-c2ccc(Br)cc2)c1C(=O)Nc1ccc(Cl)cc1. The van der Waals surface area contributed by atoms with Crippen LogP contribution in [0.4, 0.5) is 11.4 Å². The van der Waals surface area contributed by atoms with Gasteiger partial charge in [0.05, 0.1) is 16.9 Å². The van der Waals surface area contributed by atoms with E-state index in [-0.39, 0.29) is 11.8 Å². The molecule has 0 radical (unpaired) electrons. The first-order valence-corrected chi connectivity index (χ1v) is 14.1. The van der Waals surface area contributed by atoms with Crippen molar-refractivity contribution in [2.24, 2.45) is 5.92 Å². The Balaban J connectivity index is 1.66. The molecule has 1 fully saturated rings. The third kappa shape index (κ3) is 5.10. The summed E-state index contributed by atoms with van der Waals surface area (Å²) in [4.78, 5) is 34.9. The van der Waals surface area contributed by atoms with Gasteiger partial charge < -0.3 is 16.0 Å². The third-order valence-electron chi connectivity index (χ3n) is 6.78. The Hall–Kier alpha value is -2.94. The van der Waals surface area contributed by atoms with E-state index >= 15 is 0 Å². The summed E-state index contributed by atoms with van der Waals surface area (Å²) in [5.74, 6) is 0.230. The summed E-state index contributed by atoms with van der Waals surface area (Å²) >= 11 is 10.8. The number of carbonyl (C=O) groups excluding carboxylic acids is 2. The monoisotopic (exact) mass is 596 g/mol. The zero-order chi connectivity index (χ0) is 26.3. The number of benzene rings is 2. The number of nitrogen functional groups attached to an aromatic ring is 1. The molecule has 2 aromatic carbocycles. The van der Waals surface area contributed by atoms with Gasteiger partial charge >= 0.3 is 0 Å². The molecule has 0 atom stereocenters. The van der Waals surface area contributed by atoms with Gasteiger partial charge in [-0.25, -0.2) is 4.98 Å². The number of halogens is 2. The van der Waals surface area contributed by atoms with Crippen LogP contribution >= 0.6 is 38.9 Å². The lowest BCUT2D eigenvalue weighted by Crippen LogP contribution is -2.37. The van der Waals surface area contributed by atoms with E-state index in [1.807, 2.05) is 36.1 Å². The summed E-state index contributed by atoms with van der Waals surface area (Å²) in [6.07, 6.45) is 1.96. The molecule has 6 nitrogen and oxygen atoms in total. The number of hydrogen-bond donors (Lipinski definition) is 2. The first kappa shape index (κ1) is 25.7. The average Bonchev–Trinajstić information content (AvgIpc) is 3.20. The number of carbonyl (C=O) groups is 2. The standard InChI is InChI=1S/C28H26BrClN4O2S/c1-15-11-13-34(14-12-15)28(36)25-24(31)23-22(17-3-5-18(29)6-4-17)21(16(2)32-27(23)37-25)26(35)33-20-9-7-19(30)8-10-20/h3-10,15H,11-14,31H2,1-2H3,(H,33,35). The maximum atomic E-state index is 13.6. The summed E-state index contributed by atoms with van der Waals surface area (Å²) in [5.41, 5.74) is 10.1. The number of likely N-dealkylation sites (tertiary alicyclic amines) is 1. The van der Waals surface area contributed by atoms with Crippen LogP contribution in [0, 0.1) is 12.8 Å². The Morgan fingerprint density at radius 2 is 1.76 bits per heavy atom. The van der Waals surface area contributed by atoms with Gasteiger partial charge in [-0.2, -0.15) is 0 Å². The van der Waals surface area contributed by atoms with Crippen LogP contribution in [0.15, 0.2) is 53.0 Å². The second kappa shape index (κ2) is 10.4. The molecule has 0 bridgehead atoms. The van der Waals surface area contributed by atoms with Gasteiger partial charge in [-0.3, -0.25) is 9.59 Å². The number of aryl methyl sites for hydroxylation is 1. The fourth-order valence-electron chi connectivity index (χ4n) is 4.69. The van der Waals surface area contributed by atoms with Gasteiger partial charge in [-0.05, 0) is 67.6 Å². The Kier molecular flexibility index (Phi) is 7.25. The Morgan fingerprint density at radius 1 is 1.11 bits per heavy atom. The highest BCUT2D eigenvalue weighted by Gasteiger charge is 2.29. The largest absolute Gasteiger partial charge is 0.397 e. The van der Waals surface area contributed by atoms with E-state index in [9.17, 15) is 9.59 Å². The molecule has 0 unspecified atom stereocenters. The molecule has 5 rings (SSSR count). The van der Waals surface area contributed by atoms with E-state index in [0.29, 0.717) is 67.3 Å². The van der Waals surface area contributed by atoms with E-state index < -0.39 is 0 Å². The molecule has 4 aromatic rings. The molecule has 190 valence electrons. The average molecular weight is 598 g/mol. The van der Waals surface area contributed by atoms with E-state index in [2.05, 4.69) is 28.2 Å². The normalized spacial score (nSPS) is 14.2. The maximum absolute atomic E-state index is 13.6. The number of nitrogens with zero attached hydrogens (tertiary/aromatic N) is 2. The number of aromatic nitrogens is 1. The molecule has 2 amide bonds. The minimum Gasteiger partial charge on any atom is -0.397 e. The fourth-order valence-corrected chi connectivity index (χ4v) is 6.20. The third-order valence-corrected chi connectivity index (χ3v) is 8.65. The maximum Gasteiger partial charge on any atom is 0.266 e. The van der Waals surface area contributed by atoms with Crippen molar-refractivity contribution in [1.29, 1.82) is 0 Å². The predicted molar refractivity (Wildman–Crippen MR) is 156 cm³/mol. The van der Waals surface area contributed by atoms with E-state index in [0.717, 1.165) is 22.9 Å². The molecule has 2 aromatic heterocycles. The molecule has 0 spiro atoms. The van der Waals surface area contributed by atoms with Gasteiger partial charge in [0.1, 0.15) is 9.71 Å². The van der Waals surface area contributed by atoms with Crippen molar-refractivity contribution in [1.82, 2.24) is 9.88 Å². The Labute approximate surface area is 233 Å². The Morgan fingerprint density at radius 3 is 2.41 bits per heavy atom. The topological polar surface area (TPSA) is 88.3 Å². The number of nitrogens with two attached hydrogens (primary N) is 1. The molecule has 37 heavy (non-hydrogen) atoms. The van der Waals surface area contributed by atoms with Crippen LogP contribution in [0.1, 0.15) is 45.5 Å². The predicted octanol–water partition coefficient (Wildman–Crippen LogP) is 7.39. The van der Waals surface area contributed by atoms with Gasteiger partial charge in [-0.15, -0.1) is 11.3 Å². The van der Waals surface area contributed by atoms with Crippen molar-refractivity contribution in [3.8, 4) is 11.1 Å². The van der Waals surface area contributed by atoms with Crippen molar-refractivity contribution in [2.75, 3.05) is 24.1 Å². The van der Waals surface area contributed by atoms with Crippen LogP contribution in [0.2, 0.25) is 5.02 Å². The summed E-state index contributed by atoms with van der Waals surface area (Å²) < 4.78 is 0.916. The second-order valence-electron chi connectivity index (χ2n) is 9.41. The smallest absolute Gasteiger partial charge is 0.266 e. The van der Waals surface area contributed by atoms with Gasteiger partial charge in [0, 0.05) is 39.2 Å². The number of thiophene rings is 1. The Bertz CT molecular complexity index is 1490. The highest BCUT2D eigenvalue weighted by atomic mass is 79.9. The number of nitrogens with one attached hydrogen (secondary N) is 1. The van der Waals surface area contributed by atoms with Crippen LogP contribution in [-0.4, -0.2) is 34.8 Å². The minimum atomic E-state index is -0.310.